The molecule has 1 fully saturated rings. The summed E-state index contributed by atoms with van der Waals surface area (Å²) < 4.78 is 0. The summed E-state index contributed by atoms with van der Waals surface area (Å²) in [6.07, 6.45) is 2.94. The fourth-order valence-corrected chi connectivity index (χ4v) is 3.04. The zero-order chi connectivity index (χ0) is 14.5. The Kier molecular flexibility index (Phi) is 6.27. The minimum absolute atomic E-state index is 0.181. The minimum Gasteiger partial charge on any atom is -0.353 e. The predicted molar refractivity (Wildman–Crippen MR) is 80.2 cm³/mol. The van der Waals surface area contributed by atoms with E-state index < -0.39 is 0 Å². The first-order valence-electron chi connectivity index (χ1n) is 7.72. The number of carbonyl (C=O) groups excluding carboxylic acids is 1. The third kappa shape index (κ3) is 4.18. The normalized spacial score (nSPS) is 23.6. The maximum atomic E-state index is 12.3. The lowest BCUT2D eigenvalue weighted by atomic mass is 9.93. The van der Waals surface area contributed by atoms with Crippen LogP contribution in [0.3, 0.4) is 0 Å². The van der Waals surface area contributed by atoms with Gasteiger partial charge in [-0.25, -0.2) is 0 Å². The van der Waals surface area contributed by atoms with Crippen LogP contribution in [-0.4, -0.2) is 48.1 Å². The van der Waals surface area contributed by atoms with Crippen molar-refractivity contribution in [2.75, 3.05) is 19.6 Å². The molecule has 1 aliphatic rings. The molecule has 0 radical (unpaired) electrons. The van der Waals surface area contributed by atoms with Crippen LogP contribution in [0.2, 0.25) is 0 Å². The summed E-state index contributed by atoms with van der Waals surface area (Å²) >= 11 is 0. The van der Waals surface area contributed by atoms with Crippen LogP contribution in [-0.2, 0) is 4.79 Å². The second-order valence-corrected chi connectivity index (χ2v) is 6.15. The van der Waals surface area contributed by atoms with Crippen molar-refractivity contribution in [2.45, 2.75) is 71.5 Å². The number of nitrogens with one attached hydrogen (secondary N) is 2. The van der Waals surface area contributed by atoms with Crippen LogP contribution >= 0.6 is 0 Å². The quantitative estimate of drug-likeness (QED) is 0.740. The van der Waals surface area contributed by atoms with Crippen LogP contribution in [0.1, 0.15) is 53.9 Å². The van der Waals surface area contributed by atoms with Gasteiger partial charge in [-0.15, -0.1) is 0 Å². The van der Waals surface area contributed by atoms with E-state index in [4.69, 9.17) is 0 Å². The van der Waals surface area contributed by atoms with Crippen LogP contribution in [0.4, 0.5) is 0 Å². The molecule has 1 heterocycles. The summed E-state index contributed by atoms with van der Waals surface area (Å²) in [5.74, 6) is 0.181. The smallest absolute Gasteiger partial charge is 0.240 e. The van der Waals surface area contributed by atoms with Crippen molar-refractivity contribution in [2.24, 2.45) is 0 Å². The Balaban J connectivity index is 2.41. The van der Waals surface area contributed by atoms with Gasteiger partial charge in [0.1, 0.15) is 0 Å². The second kappa shape index (κ2) is 7.25. The van der Waals surface area contributed by atoms with Crippen LogP contribution in [0.15, 0.2) is 0 Å². The minimum atomic E-state index is -0.305. The first-order chi connectivity index (χ1) is 8.93. The van der Waals surface area contributed by atoms with Gasteiger partial charge in [0.05, 0.1) is 5.54 Å². The van der Waals surface area contributed by atoms with Gasteiger partial charge in [0.15, 0.2) is 0 Å². The third-order valence-corrected chi connectivity index (χ3v) is 4.26. The molecule has 0 aromatic rings. The Hall–Kier alpha value is -0.610. The predicted octanol–water partition coefficient (Wildman–Crippen LogP) is 1.75. The number of amides is 1. The Bertz CT molecular complexity index is 275. The average Bonchev–Trinajstić information content (AvgIpc) is 2.83. The van der Waals surface area contributed by atoms with Gasteiger partial charge in [-0.3, -0.25) is 9.69 Å². The molecule has 112 valence electrons. The summed E-state index contributed by atoms with van der Waals surface area (Å²) in [6, 6.07) is 1.03. The van der Waals surface area contributed by atoms with Crippen molar-refractivity contribution in [1.82, 2.24) is 15.5 Å². The van der Waals surface area contributed by atoms with Crippen LogP contribution in [0, 0.1) is 0 Å². The Morgan fingerprint density at radius 2 is 1.95 bits per heavy atom. The molecule has 4 heteroatoms. The maximum absolute atomic E-state index is 12.3. The number of hydrogen-bond donors (Lipinski definition) is 2. The van der Waals surface area contributed by atoms with E-state index in [1.54, 1.807) is 0 Å². The summed E-state index contributed by atoms with van der Waals surface area (Å²) in [7, 11) is 0. The van der Waals surface area contributed by atoms with Crippen LogP contribution in [0.25, 0.3) is 0 Å². The molecule has 1 amide bonds. The fraction of sp³-hybridized carbons (Fsp3) is 0.933. The molecule has 1 aliphatic heterocycles. The molecule has 1 atom stereocenters. The lowest BCUT2D eigenvalue weighted by Crippen LogP contribution is -2.54. The SMILES string of the molecule is CCC1(C(=O)NCCN(C(C)C)C(C)C)CCCN1. The molecule has 0 saturated carbocycles. The van der Waals surface area contributed by atoms with Gasteiger partial charge in [-0.1, -0.05) is 6.92 Å². The van der Waals surface area contributed by atoms with Gasteiger partial charge in [0, 0.05) is 25.2 Å². The fourth-order valence-electron chi connectivity index (χ4n) is 3.04. The highest BCUT2D eigenvalue weighted by Crippen LogP contribution is 2.22. The standard InChI is InChI=1S/C15H31N3O/c1-6-15(8-7-9-17-15)14(19)16-10-11-18(12(2)3)13(4)5/h12-13,17H,6-11H2,1-5H3,(H,16,19). The largest absolute Gasteiger partial charge is 0.353 e. The average molecular weight is 269 g/mol. The molecule has 2 N–H and O–H groups in total. The van der Waals surface area contributed by atoms with Crippen molar-refractivity contribution in [3.05, 3.63) is 0 Å². The van der Waals surface area contributed by atoms with E-state index in [0.717, 1.165) is 38.9 Å². The van der Waals surface area contributed by atoms with Crippen molar-refractivity contribution in [3.63, 3.8) is 0 Å². The molecule has 0 aliphatic carbocycles. The van der Waals surface area contributed by atoms with Gasteiger partial charge in [0.2, 0.25) is 5.91 Å². The molecule has 0 spiro atoms. The molecule has 19 heavy (non-hydrogen) atoms. The molecule has 4 nitrogen and oxygen atoms in total. The summed E-state index contributed by atoms with van der Waals surface area (Å²) in [6.45, 7) is 13.5. The number of nitrogens with zero attached hydrogens (tertiary/aromatic N) is 1. The van der Waals surface area contributed by atoms with Crippen molar-refractivity contribution < 1.29 is 4.79 Å². The topological polar surface area (TPSA) is 44.4 Å². The Morgan fingerprint density at radius 1 is 1.32 bits per heavy atom. The highest BCUT2D eigenvalue weighted by Gasteiger charge is 2.38. The van der Waals surface area contributed by atoms with Crippen molar-refractivity contribution >= 4 is 5.91 Å². The van der Waals surface area contributed by atoms with Crippen LogP contribution < -0.4 is 10.6 Å². The van der Waals surface area contributed by atoms with E-state index in [1.165, 1.54) is 0 Å². The van der Waals surface area contributed by atoms with E-state index in [9.17, 15) is 4.79 Å². The molecular formula is C15H31N3O. The second-order valence-electron chi connectivity index (χ2n) is 6.15. The number of hydrogen-bond acceptors (Lipinski definition) is 3. The van der Waals surface area contributed by atoms with Gasteiger partial charge in [-0.2, -0.15) is 0 Å². The molecule has 1 rings (SSSR count). The molecular weight excluding hydrogens is 238 g/mol. The highest BCUT2D eigenvalue weighted by molar-refractivity contribution is 5.86. The number of carbonyl (C=O) groups is 1. The van der Waals surface area contributed by atoms with E-state index in [1.807, 2.05) is 0 Å². The molecule has 0 aromatic carbocycles. The lowest BCUT2D eigenvalue weighted by molar-refractivity contribution is -0.127. The van der Waals surface area contributed by atoms with Gasteiger partial charge >= 0.3 is 0 Å². The monoisotopic (exact) mass is 269 g/mol. The summed E-state index contributed by atoms with van der Waals surface area (Å²) in [4.78, 5) is 14.7. The lowest BCUT2D eigenvalue weighted by Gasteiger charge is -2.32. The van der Waals surface area contributed by atoms with E-state index in [2.05, 4.69) is 50.2 Å². The first kappa shape index (κ1) is 16.4. The van der Waals surface area contributed by atoms with Crippen LogP contribution in [0.5, 0.6) is 0 Å². The molecule has 0 aromatic heterocycles. The van der Waals surface area contributed by atoms with E-state index >= 15 is 0 Å². The summed E-state index contributed by atoms with van der Waals surface area (Å²) in [5, 5.41) is 6.49. The van der Waals surface area contributed by atoms with Gasteiger partial charge < -0.3 is 10.6 Å². The summed E-state index contributed by atoms with van der Waals surface area (Å²) in [5.41, 5.74) is -0.305. The first-order valence-corrected chi connectivity index (χ1v) is 7.72. The van der Waals surface area contributed by atoms with E-state index in [-0.39, 0.29) is 11.4 Å². The van der Waals surface area contributed by atoms with Gasteiger partial charge in [0.25, 0.3) is 0 Å². The number of rotatable bonds is 7. The zero-order valence-corrected chi connectivity index (χ0v) is 13.3. The van der Waals surface area contributed by atoms with Crippen molar-refractivity contribution in [3.8, 4) is 0 Å². The van der Waals surface area contributed by atoms with Crippen molar-refractivity contribution in [1.29, 1.82) is 0 Å². The zero-order valence-electron chi connectivity index (χ0n) is 13.3. The maximum Gasteiger partial charge on any atom is 0.240 e. The highest BCUT2D eigenvalue weighted by atomic mass is 16.2. The molecule has 1 unspecified atom stereocenters. The third-order valence-electron chi connectivity index (χ3n) is 4.26. The molecule has 0 bridgehead atoms. The molecule has 1 saturated heterocycles. The Morgan fingerprint density at radius 3 is 2.37 bits per heavy atom. The van der Waals surface area contributed by atoms with E-state index in [0.29, 0.717) is 12.1 Å². The van der Waals surface area contributed by atoms with Gasteiger partial charge in [-0.05, 0) is 53.5 Å². The Labute approximate surface area is 118 Å².